The molecule has 0 saturated heterocycles. The van der Waals surface area contributed by atoms with Crippen LogP contribution < -0.4 is 9.46 Å². The third kappa shape index (κ3) is 3.37. The molecule has 2 aromatic rings. The van der Waals surface area contributed by atoms with Gasteiger partial charge in [0, 0.05) is 6.54 Å². The van der Waals surface area contributed by atoms with Crippen molar-refractivity contribution in [2.45, 2.75) is 18.4 Å². The van der Waals surface area contributed by atoms with Crippen LogP contribution in [0.4, 0.5) is 0 Å². The topological polar surface area (TPSA) is 55.4 Å². The van der Waals surface area contributed by atoms with Gasteiger partial charge in [-0.2, -0.15) is 0 Å². The van der Waals surface area contributed by atoms with Crippen LogP contribution in [0.25, 0.3) is 0 Å². The van der Waals surface area contributed by atoms with E-state index in [4.69, 9.17) is 4.74 Å². The maximum Gasteiger partial charge on any atom is 0.240 e. The van der Waals surface area contributed by atoms with Crippen molar-refractivity contribution in [1.82, 2.24) is 4.72 Å². The Morgan fingerprint density at radius 1 is 1.05 bits per heavy atom. The van der Waals surface area contributed by atoms with Gasteiger partial charge in [-0.15, -0.1) is 0 Å². The van der Waals surface area contributed by atoms with Crippen LogP contribution in [0.2, 0.25) is 0 Å². The molecule has 0 aliphatic rings. The number of aryl methyl sites for hydroxylation is 1. The summed E-state index contributed by atoms with van der Waals surface area (Å²) < 4.78 is 31.9. The molecule has 106 valence electrons. The van der Waals surface area contributed by atoms with E-state index in [2.05, 4.69) is 4.72 Å². The van der Waals surface area contributed by atoms with Crippen molar-refractivity contribution in [1.29, 1.82) is 0 Å². The van der Waals surface area contributed by atoms with Crippen LogP contribution in [-0.2, 0) is 16.6 Å². The first-order valence-corrected chi connectivity index (χ1v) is 7.69. The third-order valence-electron chi connectivity index (χ3n) is 3.08. The lowest BCUT2D eigenvalue weighted by atomic mass is 10.1. The van der Waals surface area contributed by atoms with Crippen molar-refractivity contribution < 1.29 is 13.2 Å². The molecule has 0 fully saturated rings. The average molecular weight is 291 g/mol. The van der Waals surface area contributed by atoms with E-state index in [1.54, 1.807) is 19.2 Å². The van der Waals surface area contributed by atoms with Gasteiger partial charge >= 0.3 is 0 Å². The maximum atomic E-state index is 12.2. The highest BCUT2D eigenvalue weighted by atomic mass is 32.2. The number of hydrogen-bond donors (Lipinski definition) is 1. The molecule has 0 heterocycles. The Labute approximate surface area is 119 Å². The number of sulfonamides is 1. The normalized spacial score (nSPS) is 11.3. The number of nitrogens with one attached hydrogen (secondary N) is 1. The summed E-state index contributed by atoms with van der Waals surface area (Å²) in [6.07, 6.45) is 0. The van der Waals surface area contributed by atoms with E-state index >= 15 is 0 Å². The molecule has 0 unspecified atom stereocenters. The molecule has 0 bridgehead atoms. The Kier molecular flexibility index (Phi) is 4.42. The zero-order valence-corrected chi connectivity index (χ0v) is 12.3. The summed E-state index contributed by atoms with van der Waals surface area (Å²) in [5.41, 5.74) is 2.02. The lowest BCUT2D eigenvalue weighted by molar-refractivity contribution is 0.414. The van der Waals surface area contributed by atoms with Gasteiger partial charge in [0.25, 0.3) is 0 Å². The van der Waals surface area contributed by atoms with E-state index in [0.29, 0.717) is 5.75 Å². The van der Waals surface area contributed by atoms with Crippen LogP contribution in [0.15, 0.2) is 53.4 Å². The summed E-state index contributed by atoms with van der Waals surface area (Å²) in [4.78, 5) is 0.229. The molecule has 0 saturated carbocycles. The van der Waals surface area contributed by atoms with Crippen molar-refractivity contribution in [3.8, 4) is 5.75 Å². The Balaban J connectivity index is 2.13. The lowest BCUT2D eigenvalue weighted by Crippen LogP contribution is -2.23. The molecule has 5 heteroatoms. The third-order valence-corrected chi connectivity index (χ3v) is 4.50. The zero-order valence-electron chi connectivity index (χ0n) is 11.5. The second-order valence-electron chi connectivity index (χ2n) is 4.43. The van der Waals surface area contributed by atoms with Gasteiger partial charge in [0.05, 0.1) is 12.0 Å². The van der Waals surface area contributed by atoms with Crippen molar-refractivity contribution in [2.24, 2.45) is 0 Å². The van der Waals surface area contributed by atoms with Crippen LogP contribution in [-0.4, -0.2) is 15.5 Å². The van der Waals surface area contributed by atoms with E-state index in [-0.39, 0.29) is 11.4 Å². The Morgan fingerprint density at radius 3 is 2.30 bits per heavy atom. The van der Waals surface area contributed by atoms with Crippen LogP contribution in [0.3, 0.4) is 0 Å². The summed E-state index contributed by atoms with van der Waals surface area (Å²) >= 11 is 0. The van der Waals surface area contributed by atoms with E-state index in [1.165, 1.54) is 12.1 Å². The van der Waals surface area contributed by atoms with Crippen molar-refractivity contribution in [2.75, 3.05) is 7.11 Å². The minimum absolute atomic E-state index is 0.229. The second kappa shape index (κ2) is 6.07. The van der Waals surface area contributed by atoms with E-state index in [1.807, 2.05) is 31.2 Å². The van der Waals surface area contributed by atoms with Crippen LogP contribution >= 0.6 is 0 Å². The van der Waals surface area contributed by atoms with Gasteiger partial charge < -0.3 is 4.74 Å². The molecule has 2 rings (SSSR count). The fraction of sp³-hybridized carbons (Fsp3) is 0.200. The van der Waals surface area contributed by atoms with E-state index in [0.717, 1.165) is 11.1 Å². The molecule has 20 heavy (non-hydrogen) atoms. The first-order chi connectivity index (χ1) is 9.53. The van der Waals surface area contributed by atoms with Crippen molar-refractivity contribution in [3.05, 3.63) is 59.7 Å². The minimum Gasteiger partial charge on any atom is -0.497 e. The number of benzene rings is 2. The van der Waals surface area contributed by atoms with E-state index < -0.39 is 10.0 Å². The molecule has 0 aliphatic heterocycles. The average Bonchev–Trinajstić information content (AvgIpc) is 2.46. The van der Waals surface area contributed by atoms with Crippen LogP contribution in [0, 0.1) is 6.92 Å². The molecule has 0 spiro atoms. The van der Waals surface area contributed by atoms with Gasteiger partial charge in [-0.3, -0.25) is 0 Å². The predicted octanol–water partition coefficient (Wildman–Crippen LogP) is 2.48. The molecule has 1 N–H and O–H groups in total. The van der Waals surface area contributed by atoms with Gasteiger partial charge in [-0.1, -0.05) is 24.3 Å². The number of methoxy groups -OCH3 is 1. The van der Waals surface area contributed by atoms with Gasteiger partial charge in [0.15, 0.2) is 0 Å². The molecule has 4 nitrogen and oxygen atoms in total. The summed E-state index contributed by atoms with van der Waals surface area (Å²) in [5, 5.41) is 0. The monoisotopic (exact) mass is 291 g/mol. The summed E-state index contributed by atoms with van der Waals surface area (Å²) in [6, 6.07) is 14.0. The van der Waals surface area contributed by atoms with Gasteiger partial charge in [0.2, 0.25) is 10.0 Å². The van der Waals surface area contributed by atoms with Crippen LogP contribution in [0.5, 0.6) is 5.75 Å². The number of ether oxygens (including phenoxy) is 1. The molecular formula is C15H17NO3S. The van der Waals surface area contributed by atoms with E-state index in [9.17, 15) is 8.42 Å². The molecule has 0 atom stereocenters. The summed E-state index contributed by atoms with van der Waals surface area (Å²) in [7, 11) is -1.96. The van der Waals surface area contributed by atoms with Crippen LogP contribution in [0.1, 0.15) is 11.1 Å². The largest absolute Gasteiger partial charge is 0.497 e. The van der Waals surface area contributed by atoms with Crippen molar-refractivity contribution >= 4 is 10.0 Å². The molecule has 2 aromatic carbocycles. The molecular weight excluding hydrogens is 274 g/mol. The minimum atomic E-state index is -3.51. The summed E-state index contributed by atoms with van der Waals surface area (Å²) in [6.45, 7) is 2.23. The highest BCUT2D eigenvalue weighted by Gasteiger charge is 2.13. The quantitative estimate of drug-likeness (QED) is 0.920. The highest BCUT2D eigenvalue weighted by molar-refractivity contribution is 7.89. The fourth-order valence-corrected chi connectivity index (χ4v) is 2.83. The number of rotatable bonds is 5. The molecule has 0 amide bonds. The fourth-order valence-electron chi connectivity index (χ4n) is 1.82. The smallest absolute Gasteiger partial charge is 0.240 e. The predicted molar refractivity (Wildman–Crippen MR) is 78.2 cm³/mol. The first-order valence-electron chi connectivity index (χ1n) is 6.21. The highest BCUT2D eigenvalue weighted by Crippen LogP contribution is 2.16. The first kappa shape index (κ1) is 14.6. The maximum absolute atomic E-state index is 12.2. The standard InChI is InChI=1S/C15H17NO3S/c1-12-5-3-4-6-13(12)11-16-20(17,18)15-9-7-14(19-2)8-10-15/h3-10,16H,11H2,1-2H3. The Hall–Kier alpha value is -1.85. The number of hydrogen-bond acceptors (Lipinski definition) is 3. The summed E-state index contributed by atoms with van der Waals surface area (Å²) in [5.74, 6) is 0.628. The Morgan fingerprint density at radius 2 is 1.70 bits per heavy atom. The molecule has 0 radical (unpaired) electrons. The Bertz CT molecular complexity index is 679. The van der Waals surface area contributed by atoms with Gasteiger partial charge in [-0.25, -0.2) is 13.1 Å². The van der Waals surface area contributed by atoms with Crippen molar-refractivity contribution in [3.63, 3.8) is 0 Å². The van der Waals surface area contributed by atoms with Gasteiger partial charge in [-0.05, 0) is 42.3 Å². The lowest BCUT2D eigenvalue weighted by Gasteiger charge is -2.09. The SMILES string of the molecule is COc1ccc(S(=O)(=O)NCc2ccccc2C)cc1. The molecule has 0 aliphatic carbocycles. The zero-order chi connectivity index (χ0) is 14.6. The second-order valence-corrected chi connectivity index (χ2v) is 6.19. The molecule has 0 aromatic heterocycles. The van der Waals surface area contributed by atoms with Gasteiger partial charge in [0.1, 0.15) is 5.75 Å².